The van der Waals surface area contributed by atoms with Crippen LogP contribution in [0.15, 0.2) is 53.5 Å². The predicted octanol–water partition coefficient (Wildman–Crippen LogP) is 1.73. The molecule has 0 bridgehead atoms. The normalized spacial score (nSPS) is 15.4. The Morgan fingerprint density at radius 1 is 1.14 bits per heavy atom. The second-order valence-electron chi connectivity index (χ2n) is 7.22. The number of rotatable bonds is 4. The van der Waals surface area contributed by atoms with Crippen LogP contribution in [-0.2, 0) is 6.54 Å². The lowest BCUT2D eigenvalue weighted by atomic mass is 10.0. The molecule has 0 atom stereocenters. The third-order valence-electron chi connectivity index (χ3n) is 5.28. The first kappa shape index (κ1) is 18.9. The Morgan fingerprint density at radius 3 is 2.59 bits per heavy atom. The van der Waals surface area contributed by atoms with Crippen LogP contribution in [0.3, 0.4) is 0 Å². The number of carbonyl (C=O) groups is 1. The van der Waals surface area contributed by atoms with Crippen LogP contribution in [0.25, 0.3) is 11.0 Å². The minimum absolute atomic E-state index is 0.0965. The standard InChI is InChI=1S/C21H22N4O4/c26-18-16-7-4-10-22-19(16)25(29)21(28)17(18)20(27)23-15-8-11-24(12-9-15)13-14-5-2-1-3-6-14/h1-7,10,15,26,29H,8-9,11-13H2,(H,23,27). The first-order valence-electron chi connectivity index (χ1n) is 9.53. The van der Waals surface area contributed by atoms with Gasteiger partial charge in [-0.2, -0.15) is 0 Å². The lowest BCUT2D eigenvalue weighted by Gasteiger charge is -2.32. The van der Waals surface area contributed by atoms with Gasteiger partial charge in [-0.15, -0.1) is 4.73 Å². The van der Waals surface area contributed by atoms with Crippen LogP contribution in [0, 0.1) is 0 Å². The molecule has 3 aromatic rings. The smallest absolute Gasteiger partial charge is 0.301 e. The van der Waals surface area contributed by atoms with Crippen LogP contribution in [0.2, 0.25) is 0 Å². The van der Waals surface area contributed by atoms with Crippen LogP contribution in [0.5, 0.6) is 5.75 Å². The minimum atomic E-state index is -0.993. The molecule has 2 aromatic heterocycles. The van der Waals surface area contributed by atoms with Gasteiger partial charge in [-0.1, -0.05) is 30.3 Å². The van der Waals surface area contributed by atoms with Crippen molar-refractivity contribution in [1.29, 1.82) is 0 Å². The second kappa shape index (κ2) is 7.92. The quantitative estimate of drug-likeness (QED) is 0.582. The van der Waals surface area contributed by atoms with Crippen LogP contribution in [0.4, 0.5) is 0 Å². The summed E-state index contributed by atoms with van der Waals surface area (Å²) in [5.41, 5.74) is -0.318. The van der Waals surface area contributed by atoms with E-state index in [-0.39, 0.29) is 17.1 Å². The number of hydrogen-bond acceptors (Lipinski definition) is 6. The van der Waals surface area contributed by atoms with Crippen molar-refractivity contribution in [3.05, 3.63) is 70.1 Å². The lowest BCUT2D eigenvalue weighted by Crippen LogP contribution is -2.45. The lowest BCUT2D eigenvalue weighted by molar-refractivity contribution is 0.0898. The summed E-state index contributed by atoms with van der Waals surface area (Å²) in [6, 6.07) is 13.1. The van der Waals surface area contributed by atoms with Gasteiger partial charge in [0.15, 0.2) is 11.2 Å². The van der Waals surface area contributed by atoms with Crippen LogP contribution >= 0.6 is 0 Å². The molecule has 4 rings (SSSR count). The molecular weight excluding hydrogens is 372 g/mol. The third-order valence-corrected chi connectivity index (χ3v) is 5.28. The Morgan fingerprint density at radius 2 is 1.86 bits per heavy atom. The third kappa shape index (κ3) is 3.79. The first-order valence-corrected chi connectivity index (χ1v) is 9.53. The average molecular weight is 394 g/mol. The summed E-state index contributed by atoms with van der Waals surface area (Å²) in [5.74, 6) is -1.16. The molecule has 150 valence electrons. The van der Waals surface area contributed by atoms with E-state index in [0.29, 0.717) is 4.73 Å². The zero-order chi connectivity index (χ0) is 20.4. The maximum absolute atomic E-state index is 12.7. The van der Waals surface area contributed by atoms with Crippen molar-refractivity contribution in [2.45, 2.75) is 25.4 Å². The summed E-state index contributed by atoms with van der Waals surface area (Å²) in [5, 5.41) is 23.4. The number of piperidine rings is 1. The number of aromatic nitrogens is 2. The highest BCUT2D eigenvalue weighted by molar-refractivity contribution is 6.01. The molecule has 1 aliphatic heterocycles. The molecule has 0 spiro atoms. The highest BCUT2D eigenvalue weighted by Crippen LogP contribution is 2.24. The van der Waals surface area contributed by atoms with Crippen molar-refractivity contribution in [2.24, 2.45) is 0 Å². The fourth-order valence-electron chi connectivity index (χ4n) is 3.73. The Kier molecular flexibility index (Phi) is 5.18. The van der Waals surface area contributed by atoms with E-state index >= 15 is 0 Å². The van der Waals surface area contributed by atoms with Crippen molar-refractivity contribution in [1.82, 2.24) is 19.9 Å². The van der Waals surface area contributed by atoms with Gasteiger partial charge in [0.05, 0.1) is 5.39 Å². The van der Waals surface area contributed by atoms with Gasteiger partial charge in [-0.05, 0) is 30.5 Å². The molecule has 0 unspecified atom stereocenters. The van der Waals surface area contributed by atoms with E-state index in [1.54, 1.807) is 6.07 Å². The zero-order valence-corrected chi connectivity index (χ0v) is 15.8. The molecule has 1 aromatic carbocycles. The summed E-state index contributed by atoms with van der Waals surface area (Å²) in [7, 11) is 0. The summed E-state index contributed by atoms with van der Waals surface area (Å²) in [6.07, 6.45) is 2.86. The van der Waals surface area contributed by atoms with Gasteiger partial charge >= 0.3 is 5.56 Å². The van der Waals surface area contributed by atoms with E-state index in [1.807, 2.05) is 18.2 Å². The van der Waals surface area contributed by atoms with Gasteiger partial charge in [0.2, 0.25) is 0 Å². The van der Waals surface area contributed by atoms with E-state index in [2.05, 4.69) is 27.3 Å². The van der Waals surface area contributed by atoms with Crippen LogP contribution in [0.1, 0.15) is 28.8 Å². The topological polar surface area (TPSA) is 108 Å². The molecule has 8 nitrogen and oxygen atoms in total. The van der Waals surface area contributed by atoms with Gasteiger partial charge in [0.25, 0.3) is 5.91 Å². The van der Waals surface area contributed by atoms with Gasteiger partial charge in [0.1, 0.15) is 5.75 Å². The second-order valence-corrected chi connectivity index (χ2v) is 7.22. The molecule has 1 amide bonds. The number of nitrogens with one attached hydrogen (secondary N) is 1. The van der Waals surface area contributed by atoms with Gasteiger partial charge in [-0.3, -0.25) is 14.5 Å². The highest BCUT2D eigenvalue weighted by Gasteiger charge is 2.26. The molecule has 0 radical (unpaired) electrons. The Labute approximate surface area is 167 Å². The molecular formula is C21H22N4O4. The van der Waals surface area contributed by atoms with Crippen molar-refractivity contribution in [2.75, 3.05) is 13.1 Å². The zero-order valence-electron chi connectivity index (χ0n) is 15.8. The highest BCUT2D eigenvalue weighted by atomic mass is 16.5. The molecule has 0 aliphatic carbocycles. The number of likely N-dealkylation sites (tertiary alicyclic amines) is 1. The summed E-state index contributed by atoms with van der Waals surface area (Å²) in [6.45, 7) is 2.49. The predicted molar refractivity (Wildman–Crippen MR) is 107 cm³/mol. The largest absolute Gasteiger partial charge is 0.506 e. The fraction of sp³-hybridized carbons (Fsp3) is 0.286. The molecule has 1 fully saturated rings. The molecule has 8 heteroatoms. The van der Waals surface area contributed by atoms with Gasteiger partial charge in [0, 0.05) is 31.9 Å². The Bertz CT molecular complexity index is 1090. The molecule has 29 heavy (non-hydrogen) atoms. The molecule has 0 saturated carbocycles. The maximum atomic E-state index is 12.7. The van der Waals surface area contributed by atoms with E-state index in [0.717, 1.165) is 32.5 Å². The van der Waals surface area contributed by atoms with E-state index in [9.17, 15) is 19.9 Å². The van der Waals surface area contributed by atoms with Crippen LogP contribution < -0.4 is 10.9 Å². The van der Waals surface area contributed by atoms with Crippen molar-refractivity contribution < 1.29 is 15.1 Å². The number of aromatic hydroxyl groups is 1. The summed E-state index contributed by atoms with van der Waals surface area (Å²) < 4.78 is 0.298. The van der Waals surface area contributed by atoms with Gasteiger partial charge in [-0.25, -0.2) is 4.98 Å². The summed E-state index contributed by atoms with van der Waals surface area (Å²) in [4.78, 5) is 31.3. The van der Waals surface area contributed by atoms with E-state index < -0.39 is 22.8 Å². The first-order chi connectivity index (χ1) is 14.0. The van der Waals surface area contributed by atoms with E-state index in [1.165, 1.54) is 17.8 Å². The molecule has 1 aliphatic rings. The Hall–Kier alpha value is -3.39. The van der Waals surface area contributed by atoms with E-state index in [4.69, 9.17) is 0 Å². The van der Waals surface area contributed by atoms with Crippen molar-refractivity contribution >= 4 is 16.9 Å². The number of pyridine rings is 2. The number of nitrogens with zero attached hydrogens (tertiary/aromatic N) is 3. The average Bonchev–Trinajstić information content (AvgIpc) is 2.74. The number of benzene rings is 1. The van der Waals surface area contributed by atoms with Gasteiger partial charge < -0.3 is 15.6 Å². The SMILES string of the molecule is O=C(NC1CCN(Cc2ccccc2)CC1)c1c(O)c2cccnc2n(O)c1=O. The fourth-order valence-corrected chi connectivity index (χ4v) is 3.73. The Balaban J connectivity index is 1.45. The maximum Gasteiger partial charge on any atom is 0.301 e. The summed E-state index contributed by atoms with van der Waals surface area (Å²) >= 11 is 0. The minimum Gasteiger partial charge on any atom is -0.506 e. The number of amides is 1. The van der Waals surface area contributed by atoms with Crippen molar-refractivity contribution in [3.63, 3.8) is 0 Å². The molecule has 3 heterocycles. The van der Waals surface area contributed by atoms with Crippen LogP contribution in [-0.4, -0.2) is 50.0 Å². The molecule has 3 N–H and O–H groups in total. The number of fused-ring (bicyclic) bond motifs is 1. The molecule has 1 saturated heterocycles. The van der Waals surface area contributed by atoms with Crippen molar-refractivity contribution in [3.8, 4) is 5.75 Å². The number of carbonyl (C=O) groups excluding carboxylic acids is 1. The number of hydrogen-bond donors (Lipinski definition) is 3. The monoisotopic (exact) mass is 394 g/mol.